The Morgan fingerprint density at radius 2 is 2.21 bits per heavy atom. The zero-order chi connectivity index (χ0) is 13.8. The monoisotopic (exact) mass is 279 g/mol. The Hall–Kier alpha value is -1.22. The van der Waals surface area contributed by atoms with Gasteiger partial charge in [-0.25, -0.2) is 0 Å². The van der Waals surface area contributed by atoms with Crippen LogP contribution in [0.2, 0.25) is 5.02 Å². The summed E-state index contributed by atoms with van der Waals surface area (Å²) in [4.78, 5) is 2.33. The van der Waals surface area contributed by atoms with E-state index in [-0.39, 0.29) is 5.84 Å². The van der Waals surface area contributed by atoms with Crippen LogP contribution in [0.15, 0.2) is 18.2 Å². The first kappa shape index (κ1) is 14.2. The highest BCUT2D eigenvalue weighted by atomic mass is 35.5. The molecule has 1 aliphatic heterocycles. The standard InChI is InChI=1S/C15H22ClN3/c1-2-11-4-3-8-19(9-7-11)14-10-12(16)5-6-13(14)15(17)18/h5-6,10-11H,2-4,7-9H2,1H3,(H3,17,18). The number of hydrogen-bond donors (Lipinski definition) is 2. The molecule has 1 atom stereocenters. The number of amidine groups is 1. The molecular weight excluding hydrogens is 258 g/mol. The molecule has 0 aromatic heterocycles. The van der Waals surface area contributed by atoms with Crippen LogP contribution in [-0.4, -0.2) is 18.9 Å². The van der Waals surface area contributed by atoms with Crippen LogP contribution < -0.4 is 10.6 Å². The summed E-state index contributed by atoms with van der Waals surface area (Å²) in [5.74, 6) is 0.938. The van der Waals surface area contributed by atoms with Gasteiger partial charge in [0.15, 0.2) is 0 Å². The van der Waals surface area contributed by atoms with E-state index in [0.29, 0.717) is 5.02 Å². The fourth-order valence-corrected chi connectivity index (χ4v) is 2.98. The second kappa shape index (κ2) is 6.29. The number of nitrogen functional groups attached to an aromatic ring is 1. The van der Waals surface area contributed by atoms with Crippen molar-refractivity contribution in [2.75, 3.05) is 18.0 Å². The van der Waals surface area contributed by atoms with Crippen LogP contribution in [0.25, 0.3) is 0 Å². The van der Waals surface area contributed by atoms with Crippen LogP contribution in [0, 0.1) is 11.3 Å². The van der Waals surface area contributed by atoms with Crippen molar-refractivity contribution in [2.45, 2.75) is 32.6 Å². The molecule has 1 fully saturated rings. The maximum absolute atomic E-state index is 7.70. The Labute approximate surface area is 120 Å². The Balaban J connectivity index is 2.25. The molecule has 0 saturated carbocycles. The van der Waals surface area contributed by atoms with Crippen LogP contribution in [0.4, 0.5) is 5.69 Å². The number of nitrogens with zero attached hydrogens (tertiary/aromatic N) is 1. The van der Waals surface area contributed by atoms with Gasteiger partial charge in [-0.3, -0.25) is 5.41 Å². The maximum Gasteiger partial charge on any atom is 0.124 e. The molecule has 0 amide bonds. The van der Waals surface area contributed by atoms with E-state index in [1.165, 1.54) is 25.7 Å². The van der Waals surface area contributed by atoms with E-state index >= 15 is 0 Å². The second-order valence-electron chi connectivity index (χ2n) is 5.27. The van der Waals surface area contributed by atoms with Gasteiger partial charge < -0.3 is 10.6 Å². The van der Waals surface area contributed by atoms with E-state index < -0.39 is 0 Å². The average molecular weight is 280 g/mol. The quantitative estimate of drug-likeness (QED) is 0.656. The van der Waals surface area contributed by atoms with E-state index in [2.05, 4.69) is 11.8 Å². The Kier molecular flexibility index (Phi) is 4.70. The summed E-state index contributed by atoms with van der Waals surface area (Å²) in [5, 5.41) is 8.41. The molecule has 1 aromatic carbocycles. The van der Waals surface area contributed by atoms with Crippen LogP contribution in [0.1, 0.15) is 38.2 Å². The van der Waals surface area contributed by atoms with Gasteiger partial charge in [-0.05, 0) is 43.4 Å². The molecule has 0 aliphatic carbocycles. The molecule has 0 spiro atoms. The fraction of sp³-hybridized carbons (Fsp3) is 0.533. The molecular formula is C15H22ClN3. The predicted molar refractivity (Wildman–Crippen MR) is 82.3 cm³/mol. The number of anilines is 1. The van der Waals surface area contributed by atoms with E-state index in [1.54, 1.807) is 6.07 Å². The molecule has 1 aliphatic rings. The number of rotatable bonds is 3. The lowest BCUT2D eigenvalue weighted by Gasteiger charge is -2.25. The summed E-state index contributed by atoms with van der Waals surface area (Å²) >= 11 is 6.10. The van der Waals surface area contributed by atoms with Gasteiger partial charge >= 0.3 is 0 Å². The molecule has 3 nitrogen and oxygen atoms in total. The minimum atomic E-state index is 0.114. The van der Waals surface area contributed by atoms with Gasteiger partial charge in [-0.2, -0.15) is 0 Å². The minimum Gasteiger partial charge on any atom is -0.384 e. The van der Waals surface area contributed by atoms with E-state index in [0.717, 1.165) is 30.3 Å². The molecule has 1 unspecified atom stereocenters. The summed E-state index contributed by atoms with van der Waals surface area (Å²) in [6.45, 7) is 4.32. The fourth-order valence-electron chi connectivity index (χ4n) is 2.81. The maximum atomic E-state index is 7.70. The lowest BCUT2D eigenvalue weighted by Crippen LogP contribution is -2.27. The molecule has 1 aromatic rings. The minimum absolute atomic E-state index is 0.114. The van der Waals surface area contributed by atoms with Crippen molar-refractivity contribution in [1.29, 1.82) is 5.41 Å². The number of halogens is 1. The number of nitrogens with one attached hydrogen (secondary N) is 1. The molecule has 0 bridgehead atoms. The lowest BCUT2D eigenvalue weighted by atomic mass is 9.98. The molecule has 0 radical (unpaired) electrons. The topological polar surface area (TPSA) is 53.1 Å². The zero-order valence-corrected chi connectivity index (χ0v) is 12.2. The third-order valence-corrected chi connectivity index (χ3v) is 4.25. The highest BCUT2D eigenvalue weighted by Gasteiger charge is 2.19. The van der Waals surface area contributed by atoms with Crippen molar-refractivity contribution in [3.63, 3.8) is 0 Å². The van der Waals surface area contributed by atoms with Gasteiger partial charge in [0.1, 0.15) is 5.84 Å². The Bertz CT molecular complexity index is 459. The van der Waals surface area contributed by atoms with Crippen molar-refractivity contribution >= 4 is 23.1 Å². The summed E-state index contributed by atoms with van der Waals surface area (Å²) in [6.07, 6.45) is 4.95. The molecule has 1 heterocycles. The van der Waals surface area contributed by atoms with Gasteiger partial charge in [0.25, 0.3) is 0 Å². The van der Waals surface area contributed by atoms with Crippen LogP contribution >= 0.6 is 11.6 Å². The number of hydrogen-bond acceptors (Lipinski definition) is 2. The third-order valence-electron chi connectivity index (χ3n) is 4.02. The highest BCUT2D eigenvalue weighted by Crippen LogP contribution is 2.29. The summed E-state index contributed by atoms with van der Waals surface area (Å²) in [6, 6.07) is 5.58. The average Bonchev–Trinajstić information content (AvgIpc) is 2.63. The Morgan fingerprint density at radius 1 is 1.42 bits per heavy atom. The second-order valence-corrected chi connectivity index (χ2v) is 5.70. The van der Waals surface area contributed by atoms with E-state index in [1.807, 2.05) is 12.1 Å². The third kappa shape index (κ3) is 3.41. The van der Waals surface area contributed by atoms with Crippen molar-refractivity contribution in [2.24, 2.45) is 11.7 Å². The summed E-state index contributed by atoms with van der Waals surface area (Å²) < 4.78 is 0. The van der Waals surface area contributed by atoms with Crippen molar-refractivity contribution in [1.82, 2.24) is 0 Å². The molecule has 1 saturated heterocycles. The zero-order valence-electron chi connectivity index (χ0n) is 11.5. The number of nitrogens with two attached hydrogens (primary N) is 1. The van der Waals surface area contributed by atoms with E-state index in [4.69, 9.17) is 22.7 Å². The molecule has 4 heteroatoms. The SMILES string of the molecule is CCC1CCCN(c2cc(Cl)ccc2C(=N)N)CC1. The van der Waals surface area contributed by atoms with Crippen LogP contribution in [-0.2, 0) is 0 Å². The van der Waals surface area contributed by atoms with Gasteiger partial charge in [0.2, 0.25) is 0 Å². The van der Waals surface area contributed by atoms with Crippen LogP contribution in [0.3, 0.4) is 0 Å². The van der Waals surface area contributed by atoms with Crippen molar-refractivity contribution in [3.8, 4) is 0 Å². The highest BCUT2D eigenvalue weighted by molar-refractivity contribution is 6.31. The normalized spacial score (nSPS) is 20.1. The molecule has 104 valence electrons. The molecule has 2 rings (SSSR count). The first-order chi connectivity index (χ1) is 9.11. The first-order valence-electron chi connectivity index (χ1n) is 7.00. The van der Waals surface area contributed by atoms with E-state index in [9.17, 15) is 0 Å². The number of benzene rings is 1. The summed E-state index contributed by atoms with van der Waals surface area (Å²) in [5.41, 5.74) is 7.48. The van der Waals surface area contributed by atoms with Gasteiger partial charge in [-0.15, -0.1) is 0 Å². The molecule has 19 heavy (non-hydrogen) atoms. The van der Waals surface area contributed by atoms with Crippen molar-refractivity contribution < 1.29 is 0 Å². The largest absolute Gasteiger partial charge is 0.384 e. The summed E-state index contributed by atoms with van der Waals surface area (Å²) in [7, 11) is 0. The van der Waals surface area contributed by atoms with Gasteiger partial charge in [0.05, 0.1) is 0 Å². The van der Waals surface area contributed by atoms with Crippen molar-refractivity contribution in [3.05, 3.63) is 28.8 Å². The van der Waals surface area contributed by atoms with Gasteiger partial charge in [0, 0.05) is 29.4 Å². The first-order valence-corrected chi connectivity index (χ1v) is 7.38. The smallest absolute Gasteiger partial charge is 0.124 e. The predicted octanol–water partition coefficient (Wildman–Crippen LogP) is 3.64. The van der Waals surface area contributed by atoms with Gasteiger partial charge in [-0.1, -0.05) is 24.9 Å². The Morgan fingerprint density at radius 3 is 2.89 bits per heavy atom. The molecule has 3 N–H and O–H groups in total. The van der Waals surface area contributed by atoms with Crippen LogP contribution in [0.5, 0.6) is 0 Å². The lowest BCUT2D eigenvalue weighted by molar-refractivity contribution is 0.459.